The highest BCUT2D eigenvalue weighted by Gasteiger charge is 2.28. The second-order valence-electron chi connectivity index (χ2n) is 6.11. The molecule has 25 heavy (non-hydrogen) atoms. The van der Waals surface area contributed by atoms with Crippen molar-refractivity contribution in [1.82, 2.24) is 19.5 Å². The van der Waals surface area contributed by atoms with Crippen molar-refractivity contribution >= 4 is 26.7 Å². The summed E-state index contributed by atoms with van der Waals surface area (Å²) in [6.45, 7) is 4.09. The van der Waals surface area contributed by atoms with Crippen LogP contribution in [0, 0.1) is 6.92 Å². The number of aromatic nitrogens is 3. The molecule has 1 saturated heterocycles. The minimum Gasteiger partial charge on any atom is -0.354 e. The molecule has 8 heteroatoms. The van der Waals surface area contributed by atoms with E-state index in [9.17, 15) is 8.42 Å². The third-order valence-electron chi connectivity index (χ3n) is 4.56. The lowest BCUT2D eigenvalue weighted by Gasteiger charge is -2.34. The normalized spacial score (nSPS) is 16.4. The Kier molecular flexibility index (Phi) is 3.93. The maximum atomic E-state index is 12.7. The lowest BCUT2D eigenvalue weighted by molar-refractivity contribution is 0.384. The monoisotopic (exact) mass is 357 g/mol. The van der Waals surface area contributed by atoms with E-state index in [-0.39, 0.29) is 0 Å². The fourth-order valence-corrected chi connectivity index (χ4v) is 4.55. The van der Waals surface area contributed by atoms with Crippen molar-refractivity contribution in [2.45, 2.75) is 11.8 Å². The molecule has 0 unspecified atom stereocenters. The fourth-order valence-electron chi connectivity index (χ4n) is 3.10. The maximum absolute atomic E-state index is 12.7. The van der Waals surface area contributed by atoms with Gasteiger partial charge in [0.05, 0.1) is 11.1 Å². The summed E-state index contributed by atoms with van der Waals surface area (Å²) < 4.78 is 26.9. The molecule has 1 aliphatic rings. The Labute approximate surface area is 146 Å². The standard InChI is InChI=1S/C17H19N5O2S/c1-13-15-11-17(18-12-16(15)20-19-13)21-7-9-22(10-8-21)25(23,24)14-5-3-2-4-6-14/h2-6,11-12H,7-10H2,1H3,(H,19,20). The molecule has 130 valence electrons. The Hall–Kier alpha value is -2.45. The first-order valence-electron chi connectivity index (χ1n) is 8.16. The number of nitrogens with zero attached hydrogens (tertiary/aromatic N) is 4. The van der Waals surface area contributed by atoms with Crippen LogP contribution in [0.5, 0.6) is 0 Å². The zero-order valence-corrected chi connectivity index (χ0v) is 14.7. The van der Waals surface area contributed by atoms with Gasteiger partial charge >= 0.3 is 0 Å². The van der Waals surface area contributed by atoms with Crippen molar-refractivity contribution < 1.29 is 8.42 Å². The van der Waals surface area contributed by atoms with Gasteiger partial charge < -0.3 is 4.90 Å². The van der Waals surface area contributed by atoms with E-state index in [1.54, 1.807) is 34.8 Å². The van der Waals surface area contributed by atoms with Crippen LogP contribution in [0.25, 0.3) is 10.9 Å². The third kappa shape index (κ3) is 2.87. The molecule has 0 bridgehead atoms. The van der Waals surface area contributed by atoms with Crippen molar-refractivity contribution in [3.05, 3.63) is 48.3 Å². The summed E-state index contributed by atoms with van der Waals surface area (Å²) >= 11 is 0. The van der Waals surface area contributed by atoms with E-state index in [0.717, 1.165) is 22.4 Å². The van der Waals surface area contributed by atoms with Crippen LogP contribution < -0.4 is 4.90 Å². The average molecular weight is 357 g/mol. The van der Waals surface area contributed by atoms with Crippen molar-refractivity contribution in [3.8, 4) is 0 Å². The van der Waals surface area contributed by atoms with Gasteiger partial charge in [0.15, 0.2) is 0 Å². The summed E-state index contributed by atoms with van der Waals surface area (Å²) in [7, 11) is -3.43. The molecule has 3 aromatic rings. The maximum Gasteiger partial charge on any atom is 0.243 e. The van der Waals surface area contributed by atoms with Crippen LogP contribution in [0.4, 0.5) is 5.82 Å². The van der Waals surface area contributed by atoms with Gasteiger partial charge in [0.2, 0.25) is 10.0 Å². The van der Waals surface area contributed by atoms with Gasteiger partial charge in [-0.3, -0.25) is 5.10 Å². The lowest BCUT2D eigenvalue weighted by atomic mass is 10.2. The minimum atomic E-state index is -3.43. The van der Waals surface area contributed by atoms with E-state index in [1.165, 1.54) is 0 Å². The number of hydrogen-bond acceptors (Lipinski definition) is 5. The van der Waals surface area contributed by atoms with Crippen molar-refractivity contribution in [1.29, 1.82) is 0 Å². The number of piperazine rings is 1. The van der Waals surface area contributed by atoms with Gasteiger partial charge in [-0.25, -0.2) is 13.4 Å². The van der Waals surface area contributed by atoms with Crippen LogP contribution in [0.3, 0.4) is 0 Å². The molecule has 0 saturated carbocycles. The number of rotatable bonds is 3. The number of sulfonamides is 1. The third-order valence-corrected chi connectivity index (χ3v) is 6.47. The largest absolute Gasteiger partial charge is 0.354 e. The molecule has 1 fully saturated rings. The molecular weight excluding hydrogens is 338 g/mol. The number of H-pyrrole nitrogens is 1. The molecular formula is C17H19N5O2S. The molecule has 0 aliphatic carbocycles. The number of hydrogen-bond donors (Lipinski definition) is 1. The molecule has 0 atom stereocenters. The van der Waals surface area contributed by atoms with Crippen molar-refractivity contribution in [3.63, 3.8) is 0 Å². The molecule has 1 aromatic carbocycles. The van der Waals surface area contributed by atoms with Gasteiger partial charge in [0, 0.05) is 37.3 Å². The van der Waals surface area contributed by atoms with Crippen LogP contribution in [-0.2, 0) is 10.0 Å². The molecule has 0 amide bonds. The van der Waals surface area contributed by atoms with Gasteiger partial charge in [-0.05, 0) is 25.1 Å². The number of nitrogens with one attached hydrogen (secondary N) is 1. The van der Waals surface area contributed by atoms with E-state index in [0.29, 0.717) is 31.1 Å². The van der Waals surface area contributed by atoms with E-state index in [2.05, 4.69) is 20.1 Å². The lowest BCUT2D eigenvalue weighted by Crippen LogP contribution is -2.48. The molecule has 7 nitrogen and oxygen atoms in total. The topological polar surface area (TPSA) is 82.2 Å². The van der Waals surface area contributed by atoms with E-state index < -0.39 is 10.0 Å². The van der Waals surface area contributed by atoms with Gasteiger partial charge in [0.25, 0.3) is 0 Å². The predicted molar refractivity (Wildman–Crippen MR) is 96.0 cm³/mol. The highest BCUT2D eigenvalue weighted by molar-refractivity contribution is 7.89. The Morgan fingerprint density at radius 2 is 1.80 bits per heavy atom. The first-order chi connectivity index (χ1) is 12.1. The number of pyridine rings is 1. The molecule has 4 rings (SSSR count). The zero-order valence-electron chi connectivity index (χ0n) is 13.9. The Bertz CT molecular complexity index is 992. The smallest absolute Gasteiger partial charge is 0.243 e. The van der Waals surface area contributed by atoms with E-state index in [1.807, 2.05) is 19.1 Å². The molecule has 2 aromatic heterocycles. The predicted octanol–water partition coefficient (Wildman–Crippen LogP) is 1.78. The summed E-state index contributed by atoms with van der Waals surface area (Å²) in [6.07, 6.45) is 1.75. The van der Waals surface area contributed by atoms with E-state index in [4.69, 9.17) is 0 Å². The molecule has 3 heterocycles. The highest BCUT2D eigenvalue weighted by Crippen LogP contribution is 2.23. The second kappa shape index (κ2) is 6.12. The number of aryl methyl sites for hydroxylation is 1. The van der Waals surface area contributed by atoms with Crippen molar-refractivity contribution in [2.75, 3.05) is 31.1 Å². The summed E-state index contributed by atoms with van der Waals surface area (Å²) in [6, 6.07) is 10.6. The Morgan fingerprint density at radius 3 is 2.52 bits per heavy atom. The van der Waals surface area contributed by atoms with Gasteiger partial charge in [-0.15, -0.1) is 0 Å². The quantitative estimate of drug-likeness (QED) is 0.773. The minimum absolute atomic E-state index is 0.344. The van der Waals surface area contributed by atoms with Crippen LogP contribution in [-0.4, -0.2) is 54.1 Å². The number of fused-ring (bicyclic) bond motifs is 1. The fraction of sp³-hybridized carbons (Fsp3) is 0.294. The van der Waals surface area contributed by atoms with E-state index >= 15 is 0 Å². The van der Waals surface area contributed by atoms with Crippen LogP contribution in [0.15, 0.2) is 47.5 Å². The van der Waals surface area contributed by atoms with Crippen molar-refractivity contribution in [2.24, 2.45) is 0 Å². The number of anilines is 1. The Morgan fingerprint density at radius 1 is 1.08 bits per heavy atom. The molecule has 0 radical (unpaired) electrons. The summed E-state index contributed by atoms with van der Waals surface area (Å²) in [5, 5.41) is 8.19. The number of aromatic amines is 1. The van der Waals surface area contributed by atoms with Crippen LogP contribution in [0.1, 0.15) is 5.69 Å². The summed E-state index contributed by atoms with van der Waals surface area (Å²) in [4.78, 5) is 6.92. The first kappa shape index (κ1) is 16.0. The number of benzene rings is 1. The van der Waals surface area contributed by atoms with Crippen LogP contribution >= 0.6 is 0 Å². The molecule has 1 aliphatic heterocycles. The molecule has 1 N–H and O–H groups in total. The summed E-state index contributed by atoms with van der Waals surface area (Å²) in [5.41, 5.74) is 1.84. The van der Waals surface area contributed by atoms with Gasteiger partial charge in [-0.1, -0.05) is 18.2 Å². The SMILES string of the molecule is Cc1[nH]nc2cnc(N3CCN(S(=O)(=O)c4ccccc4)CC3)cc12. The Balaban J connectivity index is 1.52. The molecule has 0 spiro atoms. The second-order valence-corrected chi connectivity index (χ2v) is 8.05. The average Bonchev–Trinajstić information content (AvgIpc) is 3.03. The highest BCUT2D eigenvalue weighted by atomic mass is 32.2. The zero-order chi connectivity index (χ0) is 17.4. The van der Waals surface area contributed by atoms with Gasteiger partial charge in [0.1, 0.15) is 11.3 Å². The summed E-state index contributed by atoms with van der Waals surface area (Å²) in [5.74, 6) is 0.855. The van der Waals surface area contributed by atoms with Gasteiger partial charge in [-0.2, -0.15) is 9.40 Å². The first-order valence-corrected chi connectivity index (χ1v) is 9.60. The van der Waals surface area contributed by atoms with Crippen LogP contribution in [0.2, 0.25) is 0 Å².